The number of nitrogens with zero attached hydrogens (tertiary/aromatic N) is 2. The Balaban J connectivity index is 1.49. The maximum Gasteiger partial charge on any atom is 0.339 e. The Kier molecular flexibility index (Phi) is 8.81. The third-order valence-electron chi connectivity index (χ3n) is 5.56. The summed E-state index contributed by atoms with van der Waals surface area (Å²) in [6.45, 7) is 2.15. The second kappa shape index (κ2) is 12.1. The van der Waals surface area contributed by atoms with Gasteiger partial charge in [-0.1, -0.05) is 17.7 Å². The zero-order valence-electron chi connectivity index (χ0n) is 21.0. The Morgan fingerprint density at radius 1 is 1.07 bits per heavy atom. The van der Waals surface area contributed by atoms with Crippen molar-refractivity contribution in [2.24, 2.45) is 0 Å². The second-order valence-electron chi connectivity index (χ2n) is 8.32. The van der Waals surface area contributed by atoms with Gasteiger partial charge in [0.15, 0.2) is 11.5 Å². The van der Waals surface area contributed by atoms with Crippen LogP contribution in [0.2, 0.25) is 0 Å². The fraction of sp³-hybridized carbons (Fsp3) is 0.154. The van der Waals surface area contributed by atoms with Gasteiger partial charge in [0.25, 0.3) is 16.8 Å². The first-order chi connectivity index (χ1) is 19.0. The lowest BCUT2D eigenvalue weighted by Crippen LogP contribution is -2.32. The van der Waals surface area contributed by atoms with Crippen LogP contribution in [0.3, 0.4) is 0 Å². The summed E-state index contributed by atoms with van der Waals surface area (Å²) in [5, 5.41) is 10.4. The van der Waals surface area contributed by atoms with Crippen molar-refractivity contribution in [2.45, 2.75) is 11.8 Å². The Labute approximate surface area is 242 Å². The Bertz CT molecular complexity index is 1610. The number of thioether (sulfide) groups is 1. The lowest BCUT2D eigenvalue weighted by atomic mass is 10.2. The zero-order chi connectivity index (χ0) is 29.0. The largest absolute Gasteiger partial charge is 0.493 e. The third kappa shape index (κ3) is 6.63. The van der Waals surface area contributed by atoms with Crippen molar-refractivity contribution in [3.63, 3.8) is 0 Å². The minimum atomic E-state index is -4.37. The number of nitro groups is 1. The van der Waals surface area contributed by atoms with Gasteiger partial charge in [0.1, 0.15) is 17.3 Å². The normalized spacial score (nSPS) is 14.5. The first kappa shape index (κ1) is 29.1. The van der Waals surface area contributed by atoms with Gasteiger partial charge < -0.3 is 13.7 Å². The van der Waals surface area contributed by atoms with Gasteiger partial charge in [-0.2, -0.15) is 8.42 Å². The molecule has 40 heavy (non-hydrogen) atoms. The van der Waals surface area contributed by atoms with Crippen LogP contribution < -0.4 is 13.7 Å². The van der Waals surface area contributed by atoms with E-state index in [2.05, 4.69) is 15.9 Å². The second-order valence-corrected chi connectivity index (χ2v) is 11.7. The van der Waals surface area contributed by atoms with Gasteiger partial charge in [0.05, 0.1) is 28.0 Å². The fourth-order valence-corrected chi connectivity index (χ4v) is 6.00. The molecule has 1 aliphatic rings. The molecular weight excluding hydrogens is 628 g/mol. The number of benzene rings is 3. The van der Waals surface area contributed by atoms with Crippen LogP contribution in [0.5, 0.6) is 17.2 Å². The number of carbonyl (C=O) groups is 2. The van der Waals surface area contributed by atoms with Gasteiger partial charge in [0, 0.05) is 12.1 Å². The van der Waals surface area contributed by atoms with Crippen LogP contribution in [-0.2, 0) is 14.9 Å². The standard InChI is InChI=1S/C26H21BrN2O9S2/c1-16-3-7-19(8-4-16)37-12-11-28-25(30)23(39-26(28)31)15-17-13-21(27)24(22(14-17)36-2)38-40(34,35)20-9-5-18(6-10-20)29(32)33/h3-10,13-15H,11-12H2,1-2H3/b23-15-. The van der Waals surface area contributed by atoms with Crippen LogP contribution in [-0.4, -0.2) is 49.6 Å². The van der Waals surface area contributed by atoms with Gasteiger partial charge in [-0.15, -0.1) is 0 Å². The number of rotatable bonds is 10. The van der Waals surface area contributed by atoms with Crippen molar-refractivity contribution >= 4 is 60.7 Å². The molecular formula is C26H21BrN2O9S2. The van der Waals surface area contributed by atoms with Gasteiger partial charge in [-0.25, -0.2) is 0 Å². The number of non-ortho nitro benzene ring substituents is 1. The van der Waals surface area contributed by atoms with Crippen LogP contribution >= 0.6 is 27.7 Å². The lowest BCUT2D eigenvalue weighted by molar-refractivity contribution is -0.384. The zero-order valence-corrected chi connectivity index (χ0v) is 24.2. The Morgan fingerprint density at radius 3 is 2.38 bits per heavy atom. The summed E-state index contributed by atoms with van der Waals surface area (Å²) in [4.78, 5) is 36.5. The Hall–Kier alpha value is -3.88. The molecule has 1 heterocycles. The molecule has 0 spiro atoms. The predicted octanol–water partition coefficient (Wildman–Crippen LogP) is 5.56. The number of carbonyl (C=O) groups excluding carboxylic acids is 2. The van der Waals surface area contributed by atoms with E-state index >= 15 is 0 Å². The number of aryl methyl sites for hydroxylation is 1. The molecule has 3 aromatic rings. The average molecular weight is 649 g/mol. The summed E-state index contributed by atoms with van der Waals surface area (Å²) >= 11 is 4.04. The molecule has 14 heteroatoms. The SMILES string of the molecule is COc1cc(/C=C2\SC(=O)N(CCOc3ccc(C)cc3)C2=O)cc(Br)c1OS(=O)(=O)c1ccc([N+](=O)[O-])cc1. The van der Waals surface area contributed by atoms with E-state index in [1.807, 2.05) is 19.1 Å². The maximum atomic E-state index is 12.9. The smallest absolute Gasteiger partial charge is 0.339 e. The van der Waals surface area contributed by atoms with Crippen molar-refractivity contribution in [3.8, 4) is 17.2 Å². The number of nitro benzene ring substituents is 1. The molecule has 0 unspecified atom stereocenters. The van der Waals surface area contributed by atoms with Gasteiger partial charge in [-0.05, 0) is 82.7 Å². The number of halogens is 1. The maximum absolute atomic E-state index is 12.9. The van der Waals surface area contributed by atoms with Crippen LogP contribution in [0, 0.1) is 17.0 Å². The van der Waals surface area contributed by atoms with Gasteiger partial charge >= 0.3 is 10.1 Å². The lowest BCUT2D eigenvalue weighted by Gasteiger charge is -2.14. The molecule has 0 radical (unpaired) electrons. The van der Waals surface area contributed by atoms with Crippen molar-refractivity contribution < 1.29 is 36.6 Å². The fourth-order valence-electron chi connectivity index (χ4n) is 3.53. The molecule has 1 aliphatic heterocycles. The average Bonchev–Trinajstić information content (AvgIpc) is 3.18. The summed E-state index contributed by atoms with van der Waals surface area (Å²) < 4.78 is 42.0. The first-order valence-corrected chi connectivity index (χ1v) is 14.5. The first-order valence-electron chi connectivity index (χ1n) is 11.5. The van der Waals surface area contributed by atoms with E-state index in [0.717, 1.165) is 46.5 Å². The van der Waals surface area contributed by atoms with E-state index in [0.29, 0.717) is 11.3 Å². The number of hydrogen-bond acceptors (Lipinski definition) is 10. The van der Waals surface area contributed by atoms with Gasteiger partial charge in [-0.3, -0.25) is 24.6 Å². The summed E-state index contributed by atoms with van der Waals surface area (Å²) in [6, 6.07) is 14.6. The highest BCUT2D eigenvalue weighted by Gasteiger charge is 2.35. The van der Waals surface area contributed by atoms with Crippen molar-refractivity contribution in [2.75, 3.05) is 20.3 Å². The molecule has 4 rings (SSSR count). The highest BCUT2D eigenvalue weighted by atomic mass is 79.9. The van der Waals surface area contributed by atoms with Crippen molar-refractivity contribution in [1.29, 1.82) is 0 Å². The molecule has 0 N–H and O–H groups in total. The molecule has 0 bridgehead atoms. The van der Waals surface area contributed by atoms with E-state index in [1.54, 1.807) is 12.1 Å². The molecule has 11 nitrogen and oxygen atoms in total. The highest BCUT2D eigenvalue weighted by Crippen LogP contribution is 2.40. The summed E-state index contributed by atoms with van der Waals surface area (Å²) in [6.07, 6.45) is 1.48. The predicted molar refractivity (Wildman–Crippen MR) is 151 cm³/mol. The minimum absolute atomic E-state index is 0.0249. The van der Waals surface area contributed by atoms with E-state index in [4.69, 9.17) is 13.7 Å². The molecule has 1 fully saturated rings. The highest BCUT2D eigenvalue weighted by molar-refractivity contribution is 9.10. The molecule has 2 amide bonds. The van der Waals surface area contributed by atoms with E-state index < -0.39 is 26.2 Å². The molecule has 0 aromatic heterocycles. The van der Waals surface area contributed by atoms with Crippen LogP contribution in [0.1, 0.15) is 11.1 Å². The summed E-state index contributed by atoms with van der Waals surface area (Å²) in [5.74, 6) is -0.00201. The quantitative estimate of drug-likeness (QED) is 0.119. The van der Waals surface area contributed by atoms with Crippen LogP contribution in [0.25, 0.3) is 6.08 Å². The minimum Gasteiger partial charge on any atom is -0.493 e. The monoisotopic (exact) mass is 648 g/mol. The third-order valence-corrected chi connectivity index (χ3v) is 8.29. The van der Waals surface area contributed by atoms with Crippen LogP contribution in [0.15, 0.2) is 74.9 Å². The van der Waals surface area contributed by atoms with Crippen LogP contribution in [0.4, 0.5) is 10.5 Å². The topological polar surface area (TPSA) is 142 Å². The molecule has 208 valence electrons. The molecule has 0 saturated carbocycles. The number of hydrogen-bond donors (Lipinski definition) is 0. The van der Waals surface area contributed by atoms with Gasteiger partial charge in [0.2, 0.25) is 0 Å². The number of imide groups is 1. The number of ether oxygens (including phenoxy) is 2. The summed E-state index contributed by atoms with van der Waals surface area (Å²) in [7, 11) is -3.07. The molecule has 3 aromatic carbocycles. The molecule has 1 saturated heterocycles. The van der Waals surface area contributed by atoms with E-state index in [9.17, 15) is 28.1 Å². The summed E-state index contributed by atoms with van der Waals surface area (Å²) in [5.41, 5.74) is 1.24. The molecule has 0 atom stereocenters. The van der Waals surface area contributed by atoms with E-state index in [1.165, 1.54) is 25.3 Å². The van der Waals surface area contributed by atoms with Crippen molar-refractivity contribution in [3.05, 3.63) is 91.3 Å². The van der Waals surface area contributed by atoms with E-state index in [-0.39, 0.29) is 44.6 Å². The molecule has 0 aliphatic carbocycles. The Morgan fingerprint density at radius 2 is 1.75 bits per heavy atom. The van der Waals surface area contributed by atoms with Crippen molar-refractivity contribution in [1.82, 2.24) is 4.90 Å². The number of methoxy groups -OCH3 is 1. The number of amides is 2.